The van der Waals surface area contributed by atoms with Crippen molar-refractivity contribution in [3.05, 3.63) is 58.6 Å². The Morgan fingerprint density at radius 3 is 2.38 bits per heavy atom. The topological polar surface area (TPSA) is 103 Å². The van der Waals surface area contributed by atoms with Gasteiger partial charge in [0.05, 0.1) is 16.3 Å². The van der Waals surface area contributed by atoms with Gasteiger partial charge in [0.25, 0.3) is 0 Å². The Labute approximate surface area is 127 Å². The van der Waals surface area contributed by atoms with Gasteiger partial charge in [0.1, 0.15) is 0 Å². The predicted molar refractivity (Wildman–Crippen MR) is 81.7 cm³/mol. The van der Waals surface area contributed by atoms with Gasteiger partial charge < -0.3 is 11.5 Å². The molecule has 0 fully saturated rings. The summed E-state index contributed by atoms with van der Waals surface area (Å²) in [6.07, 6.45) is 0. The van der Waals surface area contributed by atoms with Crippen molar-refractivity contribution in [3.8, 4) is 0 Å². The number of primary amides is 1. The van der Waals surface area contributed by atoms with Crippen molar-refractivity contribution in [1.82, 2.24) is 0 Å². The molecule has 110 valence electrons. The summed E-state index contributed by atoms with van der Waals surface area (Å²) < 4.78 is 24.7. The smallest absolute Gasteiger partial charge is 0.248 e. The number of sulfone groups is 1. The van der Waals surface area contributed by atoms with Gasteiger partial charge in [0, 0.05) is 10.6 Å². The Hall–Kier alpha value is -2.05. The number of nitrogens with two attached hydrogens (primary N) is 2. The summed E-state index contributed by atoms with van der Waals surface area (Å²) in [6, 6.07) is 10.5. The second-order valence-electron chi connectivity index (χ2n) is 4.47. The second kappa shape index (κ2) is 5.75. The van der Waals surface area contributed by atoms with E-state index < -0.39 is 15.7 Å². The van der Waals surface area contributed by atoms with Gasteiger partial charge in [-0.1, -0.05) is 29.8 Å². The molecule has 0 saturated heterocycles. The number of para-hydroxylation sites is 1. The van der Waals surface area contributed by atoms with Gasteiger partial charge in [-0.2, -0.15) is 0 Å². The van der Waals surface area contributed by atoms with E-state index in [1.54, 1.807) is 12.1 Å². The highest BCUT2D eigenvalue weighted by Crippen LogP contribution is 2.26. The molecule has 7 heteroatoms. The first-order valence-corrected chi connectivity index (χ1v) is 8.00. The molecule has 0 spiro atoms. The molecule has 0 atom stereocenters. The lowest BCUT2D eigenvalue weighted by Crippen LogP contribution is -2.12. The standard InChI is InChI=1S/C14H13ClN2O3S/c15-11-7-9(14(17)18)5-6-10(11)8-21(19,20)13-4-2-1-3-12(13)16/h1-7H,8,16H2,(H2,17,18). The van der Waals surface area contributed by atoms with E-state index in [-0.39, 0.29) is 26.9 Å². The molecule has 2 aromatic carbocycles. The van der Waals surface area contributed by atoms with Crippen LogP contribution in [-0.2, 0) is 15.6 Å². The molecule has 0 bridgehead atoms. The van der Waals surface area contributed by atoms with Gasteiger partial charge in [0.15, 0.2) is 9.84 Å². The van der Waals surface area contributed by atoms with Crippen molar-refractivity contribution in [2.24, 2.45) is 5.73 Å². The third-order valence-electron chi connectivity index (χ3n) is 2.94. The van der Waals surface area contributed by atoms with Crippen LogP contribution in [0.3, 0.4) is 0 Å². The monoisotopic (exact) mass is 324 g/mol. The van der Waals surface area contributed by atoms with E-state index in [1.165, 1.54) is 30.3 Å². The SMILES string of the molecule is NC(=O)c1ccc(CS(=O)(=O)c2ccccc2N)c(Cl)c1. The minimum absolute atomic E-state index is 0.0556. The van der Waals surface area contributed by atoms with E-state index in [2.05, 4.69) is 0 Å². The molecular weight excluding hydrogens is 312 g/mol. The molecule has 0 saturated carbocycles. The zero-order valence-corrected chi connectivity index (χ0v) is 12.5. The van der Waals surface area contributed by atoms with Crippen molar-refractivity contribution in [2.45, 2.75) is 10.6 Å². The molecule has 21 heavy (non-hydrogen) atoms. The van der Waals surface area contributed by atoms with Crippen LogP contribution in [0.1, 0.15) is 15.9 Å². The van der Waals surface area contributed by atoms with Crippen LogP contribution in [0.5, 0.6) is 0 Å². The number of benzene rings is 2. The van der Waals surface area contributed by atoms with Gasteiger partial charge in [-0.05, 0) is 29.8 Å². The largest absolute Gasteiger partial charge is 0.398 e. The van der Waals surface area contributed by atoms with Crippen LogP contribution < -0.4 is 11.5 Å². The highest BCUT2D eigenvalue weighted by molar-refractivity contribution is 7.90. The van der Waals surface area contributed by atoms with Crippen molar-refractivity contribution >= 4 is 33.0 Å². The fraction of sp³-hybridized carbons (Fsp3) is 0.0714. The zero-order valence-electron chi connectivity index (χ0n) is 10.9. The first-order valence-electron chi connectivity index (χ1n) is 5.97. The number of hydrogen-bond donors (Lipinski definition) is 2. The minimum Gasteiger partial charge on any atom is -0.398 e. The molecule has 2 rings (SSSR count). The Balaban J connectivity index is 2.38. The molecule has 0 radical (unpaired) electrons. The zero-order chi connectivity index (χ0) is 15.6. The van der Waals surface area contributed by atoms with Crippen LogP contribution in [0.2, 0.25) is 5.02 Å². The van der Waals surface area contributed by atoms with Gasteiger partial charge in [0.2, 0.25) is 5.91 Å². The van der Waals surface area contributed by atoms with Gasteiger partial charge in [-0.15, -0.1) is 0 Å². The third-order valence-corrected chi connectivity index (χ3v) is 5.02. The van der Waals surface area contributed by atoms with Crippen molar-refractivity contribution in [1.29, 1.82) is 0 Å². The van der Waals surface area contributed by atoms with E-state index in [4.69, 9.17) is 23.1 Å². The van der Waals surface area contributed by atoms with Gasteiger partial charge in [-0.25, -0.2) is 8.42 Å². The molecule has 0 aliphatic heterocycles. The fourth-order valence-electron chi connectivity index (χ4n) is 1.86. The van der Waals surface area contributed by atoms with Gasteiger partial charge >= 0.3 is 0 Å². The molecule has 1 amide bonds. The summed E-state index contributed by atoms with van der Waals surface area (Å²) in [6.45, 7) is 0. The van der Waals surface area contributed by atoms with E-state index in [0.29, 0.717) is 5.56 Å². The number of hydrogen-bond acceptors (Lipinski definition) is 4. The number of carbonyl (C=O) groups excluding carboxylic acids is 1. The normalized spacial score (nSPS) is 11.3. The third kappa shape index (κ3) is 3.34. The number of halogens is 1. The lowest BCUT2D eigenvalue weighted by Gasteiger charge is -2.09. The molecule has 0 aliphatic carbocycles. The summed E-state index contributed by atoms with van der Waals surface area (Å²) >= 11 is 6.00. The number of rotatable bonds is 4. The van der Waals surface area contributed by atoms with Crippen LogP contribution in [0, 0.1) is 0 Å². The minimum atomic E-state index is -3.63. The Morgan fingerprint density at radius 1 is 1.14 bits per heavy atom. The Morgan fingerprint density at radius 2 is 1.81 bits per heavy atom. The second-order valence-corrected chi connectivity index (χ2v) is 6.83. The predicted octanol–water partition coefficient (Wildman–Crippen LogP) is 2.00. The first kappa shape index (κ1) is 15.3. The van der Waals surface area contributed by atoms with Crippen molar-refractivity contribution in [3.63, 3.8) is 0 Å². The summed E-state index contributed by atoms with van der Waals surface area (Å²) in [7, 11) is -3.63. The molecule has 0 heterocycles. The van der Waals surface area contributed by atoms with Crippen LogP contribution in [0.4, 0.5) is 5.69 Å². The average molecular weight is 325 g/mol. The lowest BCUT2D eigenvalue weighted by molar-refractivity contribution is 0.100. The summed E-state index contributed by atoms with van der Waals surface area (Å²) in [5, 5.41) is 0.171. The van der Waals surface area contributed by atoms with Gasteiger partial charge in [-0.3, -0.25) is 4.79 Å². The summed E-state index contributed by atoms with van der Waals surface area (Å²) in [4.78, 5) is 11.1. The van der Waals surface area contributed by atoms with E-state index in [0.717, 1.165) is 0 Å². The number of nitrogen functional groups attached to an aromatic ring is 1. The van der Waals surface area contributed by atoms with E-state index in [9.17, 15) is 13.2 Å². The van der Waals surface area contributed by atoms with Crippen LogP contribution in [0.25, 0.3) is 0 Å². The highest BCUT2D eigenvalue weighted by Gasteiger charge is 2.19. The van der Waals surface area contributed by atoms with E-state index in [1.807, 2.05) is 0 Å². The summed E-state index contributed by atoms with van der Waals surface area (Å²) in [5.74, 6) is -0.933. The van der Waals surface area contributed by atoms with Crippen molar-refractivity contribution in [2.75, 3.05) is 5.73 Å². The lowest BCUT2D eigenvalue weighted by atomic mass is 10.1. The molecule has 0 aromatic heterocycles. The number of amides is 1. The quantitative estimate of drug-likeness (QED) is 0.839. The molecule has 2 aromatic rings. The molecule has 5 nitrogen and oxygen atoms in total. The van der Waals surface area contributed by atoms with E-state index >= 15 is 0 Å². The maximum atomic E-state index is 12.4. The first-order chi connectivity index (χ1) is 9.81. The average Bonchev–Trinajstić information content (AvgIpc) is 2.41. The number of anilines is 1. The highest BCUT2D eigenvalue weighted by atomic mass is 35.5. The summed E-state index contributed by atoms with van der Waals surface area (Å²) in [5.41, 5.74) is 11.6. The fourth-order valence-corrected chi connectivity index (χ4v) is 3.72. The molecule has 0 aliphatic rings. The van der Waals surface area contributed by atoms with Crippen molar-refractivity contribution < 1.29 is 13.2 Å². The maximum absolute atomic E-state index is 12.4. The molecule has 0 unspecified atom stereocenters. The number of carbonyl (C=O) groups is 1. The molecule has 4 N–H and O–H groups in total. The Kier molecular flexibility index (Phi) is 4.20. The van der Waals surface area contributed by atoms with Crippen LogP contribution in [-0.4, -0.2) is 14.3 Å². The van der Waals surface area contributed by atoms with Crippen LogP contribution in [0.15, 0.2) is 47.4 Å². The Bertz CT molecular complexity index is 804. The molecular formula is C14H13ClN2O3S. The van der Waals surface area contributed by atoms with Crippen LogP contribution >= 0.6 is 11.6 Å². The maximum Gasteiger partial charge on any atom is 0.248 e.